The summed E-state index contributed by atoms with van der Waals surface area (Å²) in [5.74, 6) is -0.561. The molecule has 2 fully saturated rings. The fraction of sp³-hybridized carbons (Fsp3) is 0.500. The number of benzene rings is 2. The molecular formula is C30H35ClF2N2O6. The van der Waals surface area contributed by atoms with E-state index in [1.807, 2.05) is 6.07 Å². The van der Waals surface area contributed by atoms with Crippen molar-refractivity contribution in [3.05, 3.63) is 63.7 Å². The Morgan fingerprint density at radius 1 is 0.976 bits per heavy atom. The van der Waals surface area contributed by atoms with Gasteiger partial charge in [-0.25, -0.2) is 13.6 Å². The van der Waals surface area contributed by atoms with E-state index in [9.17, 15) is 18.4 Å². The summed E-state index contributed by atoms with van der Waals surface area (Å²) in [5.41, 5.74) is 2.92. The van der Waals surface area contributed by atoms with Gasteiger partial charge in [0.1, 0.15) is 12.4 Å². The molecule has 1 saturated heterocycles. The number of carbonyl (C=O) groups excluding carboxylic acids is 2. The molecule has 8 nitrogen and oxygen atoms in total. The summed E-state index contributed by atoms with van der Waals surface area (Å²) in [5, 5.41) is 14.1. The average Bonchev–Trinajstić information content (AvgIpc) is 3.47. The molecule has 2 N–H and O–H groups in total. The molecule has 3 aliphatic rings. The Bertz CT molecular complexity index is 1250. The Morgan fingerprint density at radius 3 is 2.32 bits per heavy atom. The molecule has 222 valence electrons. The predicted octanol–water partition coefficient (Wildman–Crippen LogP) is 6.44. The third-order valence-corrected chi connectivity index (χ3v) is 8.29. The number of carboxylic acid groups (broad SMARTS) is 2. The van der Waals surface area contributed by atoms with Gasteiger partial charge in [0.05, 0.1) is 11.6 Å². The van der Waals surface area contributed by atoms with Crippen molar-refractivity contribution in [1.29, 1.82) is 0 Å². The van der Waals surface area contributed by atoms with Crippen molar-refractivity contribution in [2.45, 2.75) is 70.4 Å². The van der Waals surface area contributed by atoms with Gasteiger partial charge >= 0.3 is 6.16 Å². The van der Waals surface area contributed by atoms with Crippen LogP contribution in [0.5, 0.6) is 5.75 Å². The molecular weight excluding hydrogens is 558 g/mol. The zero-order chi connectivity index (χ0) is 29.5. The molecule has 2 amide bonds. The van der Waals surface area contributed by atoms with E-state index in [0.717, 1.165) is 36.1 Å². The van der Waals surface area contributed by atoms with E-state index >= 15 is 0 Å². The van der Waals surface area contributed by atoms with Gasteiger partial charge in [0.15, 0.2) is 11.6 Å². The van der Waals surface area contributed by atoms with Gasteiger partial charge in [0.2, 0.25) is 11.8 Å². The maximum absolute atomic E-state index is 15.0. The lowest BCUT2D eigenvalue weighted by molar-refractivity contribution is -0.138. The van der Waals surface area contributed by atoms with Gasteiger partial charge in [-0.3, -0.25) is 19.4 Å². The molecule has 1 unspecified atom stereocenters. The van der Waals surface area contributed by atoms with Crippen molar-refractivity contribution in [2.75, 3.05) is 19.7 Å². The first kappa shape index (κ1) is 30.7. The summed E-state index contributed by atoms with van der Waals surface area (Å²) in [6.45, 7) is 1.66. The molecule has 0 spiro atoms. The molecule has 5 rings (SSSR count). The SMILES string of the molecule is O=C(O)O.O=C1CCC(=O)N1CCOc1ccc(CN(CC2CCCCC2)C2CCc3cc(F)c(Cl)cc32)cc1F. The standard InChI is InChI=1S/C29H33ClF2N2O3.CH2O3/c30-23-16-22-21(15-24(23)31)7-8-26(22)33(17-19-4-2-1-3-5-19)18-20-6-9-27(25(32)14-20)37-13-12-34-28(35)10-11-29(34)36;2-1(3)4/h6,9,14-16,19,26H,1-5,7-8,10-13,17-18H2;(H2,2,3,4). The summed E-state index contributed by atoms with van der Waals surface area (Å²) in [6, 6.07) is 8.43. The third-order valence-electron chi connectivity index (χ3n) is 8.00. The van der Waals surface area contributed by atoms with E-state index in [1.54, 1.807) is 18.2 Å². The Morgan fingerprint density at radius 2 is 1.66 bits per heavy atom. The highest BCUT2D eigenvalue weighted by molar-refractivity contribution is 6.30. The Hall–Kier alpha value is -3.24. The molecule has 0 bridgehead atoms. The van der Waals surface area contributed by atoms with Crippen LogP contribution in [0.2, 0.25) is 5.02 Å². The normalized spacial score (nSPS) is 18.8. The lowest BCUT2D eigenvalue weighted by Gasteiger charge is -2.34. The van der Waals surface area contributed by atoms with E-state index in [4.69, 9.17) is 31.3 Å². The van der Waals surface area contributed by atoms with E-state index < -0.39 is 12.0 Å². The largest absolute Gasteiger partial charge is 0.503 e. The Balaban J connectivity index is 0.000000909. The second-order valence-corrected chi connectivity index (χ2v) is 11.2. The van der Waals surface area contributed by atoms with Gasteiger partial charge in [-0.05, 0) is 72.6 Å². The molecule has 2 aliphatic carbocycles. The number of likely N-dealkylation sites (tertiary alicyclic amines) is 1. The quantitative estimate of drug-likeness (QED) is 0.323. The summed E-state index contributed by atoms with van der Waals surface area (Å²) in [4.78, 5) is 35.6. The lowest BCUT2D eigenvalue weighted by atomic mass is 9.88. The molecule has 0 radical (unpaired) electrons. The van der Waals surface area contributed by atoms with Crippen LogP contribution in [0.4, 0.5) is 13.6 Å². The molecule has 1 atom stereocenters. The Kier molecular flexibility index (Phi) is 10.6. The van der Waals surface area contributed by atoms with Gasteiger partial charge in [-0.2, -0.15) is 0 Å². The summed E-state index contributed by atoms with van der Waals surface area (Å²) in [6.07, 6.45) is 6.48. The van der Waals surface area contributed by atoms with Crippen LogP contribution < -0.4 is 4.74 Å². The number of carbonyl (C=O) groups is 3. The van der Waals surface area contributed by atoms with Gasteiger partial charge in [0, 0.05) is 32.0 Å². The van der Waals surface area contributed by atoms with Crippen LogP contribution >= 0.6 is 11.6 Å². The number of rotatable bonds is 9. The molecule has 1 heterocycles. The maximum atomic E-state index is 15.0. The van der Waals surface area contributed by atoms with Crippen LogP contribution in [-0.4, -0.2) is 57.7 Å². The first-order valence-electron chi connectivity index (χ1n) is 14.0. The number of imide groups is 1. The van der Waals surface area contributed by atoms with Crippen molar-refractivity contribution >= 4 is 29.6 Å². The predicted molar refractivity (Wildman–Crippen MR) is 148 cm³/mol. The molecule has 0 aromatic heterocycles. The smallest absolute Gasteiger partial charge is 0.489 e. The van der Waals surface area contributed by atoms with Crippen molar-refractivity contribution in [3.63, 3.8) is 0 Å². The summed E-state index contributed by atoms with van der Waals surface area (Å²) < 4.78 is 34.6. The zero-order valence-electron chi connectivity index (χ0n) is 22.8. The fourth-order valence-electron chi connectivity index (χ4n) is 6.07. The number of aryl methyl sites for hydroxylation is 1. The minimum atomic E-state index is -1.83. The van der Waals surface area contributed by atoms with Crippen LogP contribution in [0.15, 0.2) is 30.3 Å². The Labute approximate surface area is 242 Å². The monoisotopic (exact) mass is 592 g/mol. The van der Waals surface area contributed by atoms with Gasteiger partial charge < -0.3 is 14.9 Å². The number of hydrogen-bond acceptors (Lipinski definition) is 5. The number of halogens is 3. The zero-order valence-corrected chi connectivity index (χ0v) is 23.5. The van der Waals surface area contributed by atoms with E-state index in [1.165, 1.54) is 43.1 Å². The van der Waals surface area contributed by atoms with Crippen LogP contribution in [0.1, 0.15) is 74.1 Å². The number of hydrogen-bond donors (Lipinski definition) is 2. The molecule has 41 heavy (non-hydrogen) atoms. The van der Waals surface area contributed by atoms with Gasteiger partial charge in [-0.15, -0.1) is 0 Å². The van der Waals surface area contributed by atoms with Crippen molar-refractivity contribution in [3.8, 4) is 5.75 Å². The van der Waals surface area contributed by atoms with E-state index in [2.05, 4.69) is 4.90 Å². The average molecular weight is 593 g/mol. The molecule has 2 aromatic rings. The first-order valence-corrected chi connectivity index (χ1v) is 14.4. The summed E-state index contributed by atoms with van der Waals surface area (Å²) in [7, 11) is 0. The maximum Gasteiger partial charge on any atom is 0.503 e. The van der Waals surface area contributed by atoms with Crippen molar-refractivity contribution in [1.82, 2.24) is 9.80 Å². The topological polar surface area (TPSA) is 107 Å². The van der Waals surface area contributed by atoms with E-state index in [-0.39, 0.29) is 60.4 Å². The summed E-state index contributed by atoms with van der Waals surface area (Å²) >= 11 is 6.15. The van der Waals surface area contributed by atoms with Gasteiger partial charge in [0.25, 0.3) is 0 Å². The van der Waals surface area contributed by atoms with Crippen LogP contribution in [0, 0.1) is 17.6 Å². The minimum absolute atomic E-state index is 0.0533. The highest BCUT2D eigenvalue weighted by Crippen LogP contribution is 2.40. The first-order chi connectivity index (χ1) is 19.6. The highest BCUT2D eigenvalue weighted by Gasteiger charge is 2.31. The van der Waals surface area contributed by atoms with Crippen LogP contribution in [0.25, 0.3) is 0 Å². The number of nitrogens with zero attached hydrogens (tertiary/aromatic N) is 2. The highest BCUT2D eigenvalue weighted by atomic mass is 35.5. The number of ether oxygens (including phenoxy) is 1. The van der Waals surface area contributed by atoms with Crippen LogP contribution in [-0.2, 0) is 22.6 Å². The number of amides is 2. The fourth-order valence-corrected chi connectivity index (χ4v) is 6.25. The molecule has 11 heteroatoms. The molecule has 1 saturated carbocycles. The van der Waals surface area contributed by atoms with Crippen molar-refractivity contribution < 1.29 is 38.1 Å². The minimum Gasteiger partial charge on any atom is -0.489 e. The lowest BCUT2D eigenvalue weighted by Crippen LogP contribution is -2.33. The van der Waals surface area contributed by atoms with Gasteiger partial charge in [-0.1, -0.05) is 36.9 Å². The van der Waals surface area contributed by atoms with Crippen molar-refractivity contribution in [2.24, 2.45) is 5.92 Å². The second-order valence-electron chi connectivity index (χ2n) is 10.8. The van der Waals surface area contributed by atoms with E-state index in [0.29, 0.717) is 12.5 Å². The van der Waals surface area contributed by atoms with Crippen LogP contribution in [0.3, 0.4) is 0 Å². The third kappa shape index (κ3) is 8.16. The molecule has 1 aliphatic heterocycles. The second kappa shape index (κ2) is 14.1. The molecule has 2 aromatic carbocycles. The number of fused-ring (bicyclic) bond motifs is 1.